The Bertz CT molecular complexity index is 93.7. The van der Waals surface area contributed by atoms with Crippen LogP contribution in [0.4, 0.5) is 0 Å². The summed E-state index contributed by atoms with van der Waals surface area (Å²) in [6.45, 7) is 2.48. The van der Waals surface area contributed by atoms with E-state index in [1.807, 2.05) is 25.9 Å². The van der Waals surface area contributed by atoms with E-state index in [1.165, 1.54) is 0 Å². The molecular weight excluding hydrogens is 118 g/mol. The fourth-order valence-electron chi connectivity index (χ4n) is 0.974. The van der Waals surface area contributed by atoms with Crippen LogP contribution in [0.1, 0.15) is 13.3 Å². The van der Waals surface area contributed by atoms with Crippen molar-refractivity contribution in [1.82, 2.24) is 4.90 Å². The molecular formula is C6H13NO2. The Hall–Kier alpha value is -0.120. The van der Waals surface area contributed by atoms with Crippen molar-refractivity contribution >= 4 is 0 Å². The molecule has 0 aliphatic carbocycles. The van der Waals surface area contributed by atoms with Gasteiger partial charge in [0, 0.05) is 6.42 Å². The van der Waals surface area contributed by atoms with E-state index in [0.717, 1.165) is 6.42 Å². The molecule has 1 saturated heterocycles. The van der Waals surface area contributed by atoms with Crippen LogP contribution < -0.4 is 0 Å². The molecule has 0 saturated carbocycles. The lowest BCUT2D eigenvalue weighted by Crippen LogP contribution is -2.56. The van der Waals surface area contributed by atoms with Gasteiger partial charge in [0.2, 0.25) is 5.91 Å². The molecule has 9 heavy (non-hydrogen) atoms. The second-order valence-corrected chi connectivity index (χ2v) is 2.37. The van der Waals surface area contributed by atoms with E-state index in [0.29, 0.717) is 6.79 Å². The van der Waals surface area contributed by atoms with Crippen molar-refractivity contribution in [1.29, 1.82) is 0 Å². The van der Waals surface area contributed by atoms with Crippen molar-refractivity contribution in [2.45, 2.75) is 19.3 Å². The highest BCUT2D eigenvalue weighted by molar-refractivity contribution is 4.67. The highest BCUT2D eigenvalue weighted by atomic mass is 16.9. The quantitative estimate of drug-likeness (QED) is 0.548. The predicted molar refractivity (Wildman–Crippen MR) is 33.7 cm³/mol. The maximum atomic E-state index is 5.23. The number of hydrogen-bond acceptors (Lipinski definition) is 3. The highest BCUT2D eigenvalue weighted by Gasteiger charge is 2.40. The van der Waals surface area contributed by atoms with Crippen LogP contribution in [-0.4, -0.2) is 31.7 Å². The third kappa shape index (κ3) is 0.956. The zero-order chi connectivity index (χ0) is 6.91. The first kappa shape index (κ1) is 6.99. The van der Waals surface area contributed by atoms with Crippen LogP contribution in [0.25, 0.3) is 0 Å². The van der Waals surface area contributed by atoms with Crippen molar-refractivity contribution in [2.75, 3.05) is 20.9 Å². The minimum atomic E-state index is -0.403. The molecule has 0 spiro atoms. The van der Waals surface area contributed by atoms with E-state index in [9.17, 15) is 0 Å². The van der Waals surface area contributed by atoms with Crippen LogP contribution >= 0.6 is 0 Å². The minimum absolute atomic E-state index is 0.403. The molecule has 54 valence electrons. The van der Waals surface area contributed by atoms with Crippen molar-refractivity contribution < 1.29 is 9.47 Å². The van der Waals surface area contributed by atoms with Crippen LogP contribution in [0.2, 0.25) is 0 Å². The molecule has 0 aromatic rings. The van der Waals surface area contributed by atoms with Gasteiger partial charge < -0.3 is 9.47 Å². The highest BCUT2D eigenvalue weighted by Crippen LogP contribution is 2.27. The topological polar surface area (TPSA) is 21.7 Å². The van der Waals surface area contributed by atoms with Gasteiger partial charge in [-0.25, -0.2) is 0 Å². The monoisotopic (exact) mass is 131 g/mol. The SMILES string of the molecule is CCC1(N(C)C)OCO1. The van der Waals surface area contributed by atoms with Crippen molar-refractivity contribution in [3.63, 3.8) is 0 Å². The van der Waals surface area contributed by atoms with Gasteiger partial charge >= 0.3 is 0 Å². The van der Waals surface area contributed by atoms with Crippen LogP contribution in [0.5, 0.6) is 0 Å². The second-order valence-electron chi connectivity index (χ2n) is 2.37. The van der Waals surface area contributed by atoms with Gasteiger partial charge in [0.25, 0.3) is 0 Å². The molecule has 3 nitrogen and oxygen atoms in total. The smallest absolute Gasteiger partial charge is 0.233 e. The lowest BCUT2D eigenvalue weighted by Gasteiger charge is -2.45. The lowest BCUT2D eigenvalue weighted by atomic mass is 10.3. The van der Waals surface area contributed by atoms with Crippen LogP contribution in [0.3, 0.4) is 0 Å². The molecule has 1 rings (SSSR count). The number of ether oxygens (including phenoxy) is 2. The molecule has 1 fully saturated rings. The molecule has 0 N–H and O–H groups in total. The Kier molecular flexibility index (Phi) is 1.75. The summed E-state index contributed by atoms with van der Waals surface area (Å²) in [5.74, 6) is -0.403. The van der Waals surface area contributed by atoms with Crippen LogP contribution in [0.15, 0.2) is 0 Å². The first-order valence-corrected chi connectivity index (χ1v) is 3.16. The summed E-state index contributed by atoms with van der Waals surface area (Å²) in [5, 5.41) is 0. The Balaban J connectivity index is 2.46. The molecule has 1 heterocycles. The number of rotatable bonds is 2. The molecule has 0 radical (unpaired) electrons. The third-order valence-electron chi connectivity index (χ3n) is 1.70. The maximum absolute atomic E-state index is 5.23. The standard InChI is InChI=1S/C6H13NO2/c1-4-6(7(2)3)8-5-9-6/h4-5H2,1-3H3. The molecule has 1 aliphatic rings. The molecule has 0 aromatic carbocycles. The lowest BCUT2D eigenvalue weighted by molar-refractivity contribution is -0.448. The molecule has 3 heteroatoms. The Morgan fingerprint density at radius 3 is 2.00 bits per heavy atom. The van der Waals surface area contributed by atoms with E-state index >= 15 is 0 Å². The summed E-state index contributed by atoms with van der Waals surface area (Å²) in [7, 11) is 3.89. The maximum Gasteiger partial charge on any atom is 0.233 e. The third-order valence-corrected chi connectivity index (χ3v) is 1.70. The molecule has 0 amide bonds. The van der Waals surface area contributed by atoms with Gasteiger partial charge in [0.15, 0.2) is 6.79 Å². The first-order chi connectivity index (χ1) is 4.21. The van der Waals surface area contributed by atoms with E-state index < -0.39 is 5.91 Å². The number of hydrogen-bond donors (Lipinski definition) is 0. The van der Waals surface area contributed by atoms with Gasteiger partial charge in [-0.15, -0.1) is 0 Å². The molecule has 0 unspecified atom stereocenters. The van der Waals surface area contributed by atoms with Gasteiger partial charge in [0.1, 0.15) is 0 Å². The summed E-state index contributed by atoms with van der Waals surface area (Å²) in [6.07, 6.45) is 0.875. The van der Waals surface area contributed by atoms with Crippen molar-refractivity contribution in [3.8, 4) is 0 Å². The van der Waals surface area contributed by atoms with Crippen LogP contribution in [0, 0.1) is 0 Å². The van der Waals surface area contributed by atoms with Gasteiger partial charge in [0.05, 0.1) is 0 Å². The summed E-state index contributed by atoms with van der Waals surface area (Å²) < 4.78 is 10.5. The molecule has 0 aromatic heterocycles. The van der Waals surface area contributed by atoms with Gasteiger partial charge in [-0.2, -0.15) is 0 Å². The molecule has 0 atom stereocenters. The molecule has 0 bridgehead atoms. The Morgan fingerprint density at radius 1 is 1.44 bits per heavy atom. The Morgan fingerprint density at radius 2 is 2.00 bits per heavy atom. The fraction of sp³-hybridized carbons (Fsp3) is 1.00. The Labute approximate surface area is 55.5 Å². The minimum Gasteiger partial charge on any atom is -0.310 e. The first-order valence-electron chi connectivity index (χ1n) is 3.16. The van der Waals surface area contributed by atoms with E-state index in [4.69, 9.17) is 9.47 Å². The van der Waals surface area contributed by atoms with E-state index in [-0.39, 0.29) is 0 Å². The van der Waals surface area contributed by atoms with Crippen molar-refractivity contribution in [2.24, 2.45) is 0 Å². The predicted octanol–water partition coefficient (Wildman–Crippen LogP) is 0.616. The van der Waals surface area contributed by atoms with Crippen molar-refractivity contribution in [3.05, 3.63) is 0 Å². The van der Waals surface area contributed by atoms with Gasteiger partial charge in [-0.1, -0.05) is 6.92 Å². The largest absolute Gasteiger partial charge is 0.310 e. The average molecular weight is 131 g/mol. The van der Waals surface area contributed by atoms with E-state index in [2.05, 4.69) is 0 Å². The van der Waals surface area contributed by atoms with Gasteiger partial charge in [-0.05, 0) is 14.1 Å². The normalized spacial score (nSPS) is 24.0. The average Bonchev–Trinajstić information content (AvgIpc) is 1.62. The van der Waals surface area contributed by atoms with Gasteiger partial charge in [-0.3, -0.25) is 4.90 Å². The molecule has 1 aliphatic heterocycles. The zero-order valence-corrected chi connectivity index (χ0v) is 6.18. The van der Waals surface area contributed by atoms with E-state index in [1.54, 1.807) is 0 Å². The zero-order valence-electron chi connectivity index (χ0n) is 6.18. The summed E-state index contributed by atoms with van der Waals surface area (Å²) in [6, 6.07) is 0. The number of nitrogens with zero attached hydrogens (tertiary/aromatic N) is 1. The summed E-state index contributed by atoms with van der Waals surface area (Å²) in [4.78, 5) is 1.94. The fourth-order valence-corrected chi connectivity index (χ4v) is 0.974. The second kappa shape index (κ2) is 2.25. The summed E-state index contributed by atoms with van der Waals surface area (Å²) in [5.41, 5.74) is 0. The van der Waals surface area contributed by atoms with Crippen LogP contribution in [-0.2, 0) is 9.47 Å². The summed E-state index contributed by atoms with van der Waals surface area (Å²) >= 11 is 0.